The van der Waals surface area contributed by atoms with Gasteiger partial charge in [0, 0.05) is 11.1 Å². The molecular formula is C19H18O5. The Morgan fingerprint density at radius 3 is 2.12 bits per heavy atom. The molecule has 3 rings (SSSR count). The van der Waals surface area contributed by atoms with Crippen LogP contribution in [-0.4, -0.2) is 31.6 Å². The summed E-state index contributed by atoms with van der Waals surface area (Å²) in [4.78, 5) is 24.2. The third-order valence-electron chi connectivity index (χ3n) is 3.80. The smallest absolute Gasteiger partial charge is 0.312 e. The molecule has 1 aliphatic heterocycles. The molecule has 24 heavy (non-hydrogen) atoms. The molecule has 0 aromatic heterocycles. The van der Waals surface area contributed by atoms with Crippen LogP contribution < -0.4 is 0 Å². The van der Waals surface area contributed by atoms with Crippen molar-refractivity contribution in [3.63, 3.8) is 0 Å². The number of hydrogen-bond acceptors (Lipinski definition) is 5. The Morgan fingerprint density at radius 1 is 0.917 bits per heavy atom. The van der Waals surface area contributed by atoms with Gasteiger partial charge < -0.3 is 14.2 Å². The van der Waals surface area contributed by atoms with Crippen molar-refractivity contribution in [1.82, 2.24) is 0 Å². The molecule has 0 atom stereocenters. The Morgan fingerprint density at radius 2 is 1.50 bits per heavy atom. The molecule has 0 N–H and O–H groups in total. The zero-order valence-corrected chi connectivity index (χ0v) is 13.1. The zero-order valence-electron chi connectivity index (χ0n) is 13.1. The van der Waals surface area contributed by atoms with E-state index in [0.717, 1.165) is 5.56 Å². The summed E-state index contributed by atoms with van der Waals surface area (Å²) in [6, 6.07) is 18.0. The molecule has 1 fully saturated rings. The van der Waals surface area contributed by atoms with Gasteiger partial charge in [0.25, 0.3) is 0 Å². The second-order valence-electron chi connectivity index (χ2n) is 5.44. The first-order valence-electron chi connectivity index (χ1n) is 7.77. The first-order chi connectivity index (χ1) is 11.7. The highest BCUT2D eigenvalue weighted by Crippen LogP contribution is 2.35. The number of carbonyl (C=O) groups is 2. The highest BCUT2D eigenvalue weighted by Gasteiger charge is 2.41. The van der Waals surface area contributed by atoms with E-state index in [9.17, 15) is 9.59 Å². The van der Waals surface area contributed by atoms with Crippen LogP contribution in [0.15, 0.2) is 60.7 Å². The fourth-order valence-electron chi connectivity index (χ4n) is 2.61. The molecule has 5 heteroatoms. The Hall–Kier alpha value is -2.50. The third-order valence-corrected chi connectivity index (χ3v) is 3.80. The molecular weight excluding hydrogens is 308 g/mol. The van der Waals surface area contributed by atoms with Crippen LogP contribution in [0.5, 0.6) is 0 Å². The average molecular weight is 326 g/mol. The minimum Gasteiger partial charge on any atom is -0.457 e. The molecule has 124 valence electrons. The van der Waals surface area contributed by atoms with E-state index in [1.807, 2.05) is 36.4 Å². The van der Waals surface area contributed by atoms with Crippen LogP contribution in [0.25, 0.3) is 0 Å². The van der Waals surface area contributed by atoms with Crippen LogP contribution in [0.3, 0.4) is 0 Å². The van der Waals surface area contributed by atoms with Crippen molar-refractivity contribution in [1.29, 1.82) is 0 Å². The summed E-state index contributed by atoms with van der Waals surface area (Å²) >= 11 is 0. The molecule has 5 nitrogen and oxygen atoms in total. The maximum Gasteiger partial charge on any atom is 0.312 e. The van der Waals surface area contributed by atoms with Crippen LogP contribution in [-0.2, 0) is 24.8 Å². The number of carbonyl (C=O) groups excluding carboxylic acids is 2. The van der Waals surface area contributed by atoms with Gasteiger partial charge >= 0.3 is 5.97 Å². The van der Waals surface area contributed by atoms with Gasteiger partial charge in [-0.1, -0.05) is 60.7 Å². The van der Waals surface area contributed by atoms with Crippen LogP contribution in [0.1, 0.15) is 22.3 Å². The number of ketones is 1. The van der Waals surface area contributed by atoms with E-state index in [0.29, 0.717) is 18.8 Å². The molecule has 1 heterocycles. The minimum absolute atomic E-state index is 0.0981. The van der Waals surface area contributed by atoms with E-state index in [1.54, 1.807) is 24.3 Å². The second-order valence-corrected chi connectivity index (χ2v) is 5.44. The lowest BCUT2D eigenvalue weighted by molar-refractivity contribution is -0.187. The molecule has 0 unspecified atom stereocenters. The SMILES string of the molecule is O=C(CC1(c2ccccc2)OCCO1)OCC(=O)c1ccccc1. The lowest BCUT2D eigenvalue weighted by Crippen LogP contribution is -2.31. The fraction of sp³-hybridized carbons (Fsp3) is 0.263. The summed E-state index contributed by atoms with van der Waals surface area (Å²) in [5.74, 6) is -1.91. The van der Waals surface area contributed by atoms with Crippen molar-refractivity contribution >= 4 is 11.8 Å². The molecule has 0 bridgehead atoms. The van der Waals surface area contributed by atoms with Gasteiger partial charge in [-0.15, -0.1) is 0 Å². The number of Topliss-reactive ketones (excluding diaryl/α,β-unsaturated/α-hetero) is 1. The summed E-state index contributed by atoms with van der Waals surface area (Å²) in [5, 5.41) is 0. The van der Waals surface area contributed by atoms with Crippen LogP contribution in [0.4, 0.5) is 0 Å². The molecule has 1 aliphatic rings. The lowest BCUT2D eigenvalue weighted by Gasteiger charge is -2.26. The highest BCUT2D eigenvalue weighted by atomic mass is 16.7. The topological polar surface area (TPSA) is 61.8 Å². The Balaban J connectivity index is 1.62. The van der Waals surface area contributed by atoms with Crippen molar-refractivity contribution in [2.24, 2.45) is 0 Å². The first kappa shape index (κ1) is 16.4. The van der Waals surface area contributed by atoms with E-state index in [4.69, 9.17) is 14.2 Å². The third kappa shape index (κ3) is 3.69. The Kier molecular flexibility index (Phi) is 5.03. The van der Waals surface area contributed by atoms with Gasteiger partial charge in [0.05, 0.1) is 13.2 Å². The van der Waals surface area contributed by atoms with Crippen molar-refractivity contribution in [2.45, 2.75) is 12.2 Å². The molecule has 2 aromatic rings. The van der Waals surface area contributed by atoms with Crippen LogP contribution in [0, 0.1) is 0 Å². The standard InChI is InChI=1S/C19H18O5/c20-17(15-7-3-1-4-8-15)14-22-18(21)13-19(23-11-12-24-19)16-9-5-2-6-10-16/h1-10H,11-14H2. The van der Waals surface area contributed by atoms with E-state index in [-0.39, 0.29) is 18.8 Å². The van der Waals surface area contributed by atoms with E-state index >= 15 is 0 Å². The van der Waals surface area contributed by atoms with Crippen LogP contribution >= 0.6 is 0 Å². The number of benzene rings is 2. The maximum atomic E-state index is 12.2. The van der Waals surface area contributed by atoms with E-state index in [2.05, 4.69) is 0 Å². The van der Waals surface area contributed by atoms with Gasteiger partial charge in [-0.2, -0.15) is 0 Å². The summed E-state index contributed by atoms with van der Waals surface area (Å²) < 4.78 is 16.5. The van der Waals surface area contributed by atoms with Crippen LogP contribution in [0.2, 0.25) is 0 Å². The highest BCUT2D eigenvalue weighted by molar-refractivity contribution is 5.97. The largest absolute Gasteiger partial charge is 0.457 e. The molecule has 0 spiro atoms. The quantitative estimate of drug-likeness (QED) is 0.603. The van der Waals surface area contributed by atoms with Gasteiger partial charge in [-0.25, -0.2) is 0 Å². The summed E-state index contributed by atoms with van der Waals surface area (Å²) in [6.45, 7) is 0.518. The Labute approximate surface area is 140 Å². The minimum atomic E-state index is -1.13. The van der Waals surface area contributed by atoms with Gasteiger partial charge in [-0.05, 0) is 0 Å². The summed E-state index contributed by atoms with van der Waals surface area (Å²) in [5.41, 5.74) is 1.27. The van der Waals surface area contributed by atoms with Gasteiger partial charge in [-0.3, -0.25) is 9.59 Å². The predicted octanol–water partition coefficient (Wildman–Crippen LogP) is 2.70. The normalized spacial score (nSPS) is 15.8. The van der Waals surface area contributed by atoms with Gasteiger partial charge in [0.1, 0.15) is 6.42 Å². The molecule has 0 aliphatic carbocycles. The lowest BCUT2D eigenvalue weighted by atomic mass is 10.0. The molecule has 2 aromatic carbocycles. The average Bonchev–Trinajstić information content (AvgIpc) is 3.11. The zero-order chi connectivity index (χ0) is 16.8. The summed E-state index contributed by atoms with van der Waals surface area (Å²) in [7, 11) is 0. The number of ether oxygens (including phenoxy) is 3. The van der Waals surface area contributed by atoms with Crippen molar-refractivity contribution < 1.29 is 23.8 Å². The molecule has 0 amide bonds. The van der Waals surface area contributed by atoms with Crippen molar-refractivity contribution in [2.75, 3.05) is 19.8 Å². The maximum absolute atomic E-state index is 12.2. The Bertz CT molecular complexity index is 690. The van der Waals surface area contributed by atoms with Crippen molar-refractivity contribution in [3.8, 4) is 0 Å². The summed E-state index contributed by atoms with van der Waals surface area (Å²) in [6.07, 6.45) is -0.0981. The van der Waals surface area contributed by atoms with Gasteiger partial charge in [0.15, 0.2) is 12.4 Å². The fourth-order valence-corrected chi connectivity index (χ4v) is 2.61. The molecule has 0 saturated carbocycles. The molecule has 1 saturated heterocycles. The number of hydrogen-bond donors (Lipinski definition) is 0. The van der Waals surface area contributed by atoms with Crippen molar-refractivity contribution in [3.05, 3.63) is 71.8 Å². The van der Waals surface area contributed by atoms with E-state index in [1.165, 1.54) is 0 Å². The number of esters is 1. The van der Waals surface area contributed by atoms with E-state index < -0.39 is 11.8 Å². The monoisotopic (exact) mass is 326 g/mol. The first-order valence-corrected chi connectivity index (χ1v) is 7.77. The second kappa shape index (κ2) is 7.38. The molecule has 0 radical (unpaired) electrons. The van der Waals surface area contributed by atoms with Gasteiger partial charge in [0.2, 0.25) is 5.79 Å². The number of rotatable bonds is 6. The predicted molar refractivity (Wildman–Crippen MR) is 86.4 cm³/mol.